The molecule has 1 heterocycles. The maximum absolute atomic E-state index is 10.6. The van der Waals surface area contributed by atoms with Crippen LogP contribution in [0.1, 0.15) is 18.5 Å². The number of alkyl halides is 6. The largest absolute Gasteiger partial charge is 0.490 e. The number of pyridine rings is 1. The monoisotopic (exact) mass is 421 g/mol. The molecule has 1 atom stereocenters. The van der Waals surface area contributed by atoms with Crippen LogP contribution in [0.4, 0.5) is 26.3 Å². The number of carboxylic acids is 2. The molecule has 14 heteroatoms. The van der Waals surface area contributed by atoms with Gasteiger partial charge in [0.05, 0.1) is 0 Å². The Morgan fingerprint density at radius 3 is 1.71 bits per heavy atom. The van der Waals surface area contributed by atoms with Gasteiger partial charge in [-0.15, -0.1) is 0 Å². The first-order valence-corrected chi connectivity index (χ1v) is 7.11. The molecule has 6 N–H and O–H groups in total. The summed E-state index contributed by atoms with van der Waals surface area (Å²) in [6.07, 6.45) is -6.66. The Morgan fingerprint density at radius 1 is 1.00 bits per heavy atom. The van der Waals surface area contributed by atoms with Crippen molar-refractivity contribution in [2.24, 2.45) is 11.5 Å². The van der Waals surface area contributed by atoms with Crippen molar-refractivity contribution in [3.63, 3.8) is 0 Å². The number of aliphatic carboxylic acids is 2. The minimum atomic E-state index is -5.08. The first-order chi connectivity index (χ1) is 12.6. The Bertz CT molecular complexity index is 598. The minimum Gasteiger partial charge on any atom is -0.475 e. The average Bonchev–Trinajstić information content (AvgIpc) is 2.52. The molecule has 0 spiro atoms. The Morgan fingerprint density at radius 2 is 1.43 bits per heavy atom. The summed E-state index contributed by atoms with van der Waals surface area (Å²) >= 11 is 0. The summed E-state index contributed by atoms with van der Waals surface area (Å²) in [5.74, 6) is -5.86. The number of aromatic nitrogens is 1. The lowest BCUT2D eigenvalue weighted by Gasteiger charge is -2.07. The van der Waals surface area contributed by atoms with Crippen molar-refractivity contribution in [3.8, 4) is 0 Å². The van der Waals surface area contributed by atoms with E-state index in [-0.39, 0.29) is 18.4 Å². The Labute approximate surface area is 154 Å². The topological polar surface area (TPSA) is 157 Å². The number of nitrogens with two attached hydrogens (primary N) is 2. The molecule has 0 bridgehead atoms. The van der Waals surface area contributed by atoms with Crippen molar-refractivity contribution in [1.82, 2.24) is 4.98 Å². The number of aryl methyl sites for hydroxylation is 1. The van der Waals surface area contributed by atoms with E-state index in [1.165, 1.54) is 0 Å². The summed E-state index contributed by atoms with van der Waals surface area (Å²) in [6.45, 7) is 0. The Balaban J connectivity index is 0. The third-order valence-corrected chi connectivity index (χ3v) is 2.45. The van der Waals surface area contributed by atoms with E-state index >= 15 is 0 Å². The first-order valence-electron chi connectivity index (χ1n) is 7.11. The molecule has 1 unspecified atom stereocenters. The fraction of sp³-hybridized carbons (Fsp3) is 0.429. The zero-order chi connectivity index (χ0) is 22.5. The number of hydrogen-bond acceptors (Lipinski definition) is 5. The second-order valence-electron chi connectivity index (χ2n) is 4.90. The van der Waals surface area contributed by atoms with E-state index < -0.39 is 24.3 Å². The maximum Gasteiger partial charge on any atom is 0.490 e. The highest BCUT2D eigenvalue weighted by molar-refractivity contribution is 5.74. The van der Waals surface area contributed by atoms with E-state index in [9.17, 15) is 31.1 Å². The molecule has 0 aliphatic rings. The van der Waals surface area contributed by atoms with Crippen LogP contribution in [0.2, 0.25) is 0 Å². The van der Waals surface area contributed by atoms with Gasteiger partial charge in [0.2, 0.25) is 5.91 Å². The highest BCUT2D eigenvalue weighted by atomic mass is 19.4. The molecule has 0 aliphatic carbocycles. The average molecular weight is 421 g/mol. The zero-order valence-electron chi connectivity index (χ0n) is 14.0. The number of rotatable bonds is 5. The van der Waals surface area contributed by atoms with Gasteiger partial charge < -0.3 is 21.7 Å². The number of amides is 1. The molecule has 0 fully saturated rings. The minimum absolute atomic E-state index is 0.158. The van der Waals surface area contributed by atoms with Crippen LogP contribution in [0.3, 0.4) is 0 Å². The van der Waals surface area contributed by atoms with Crippen LogP contribution in [-0.4, -0.2) is 51.4 Å². The molecule has 0 saturated heterocycles. The van der Waals surface area contributed by atoms with Crippen LogP contribution >= 0.6 is 0 Å². The van der Waals surface area contributed by atoms with Crippen molar-refractivity contribution < 1.29 is 50.9 Å². The second-order valence-corrected chi connectivity index (χ2v) is 4.90. The highest BCUT2D eigenvalue weighted by Crippen LogP contribution is 2.13. The molecule has 1 amide bonds. The SMILES string of the molecule is NC(=O)CC(N)CCc1ccccn1.O=C(O)C(F)(F)F.O=C(O)C(F)(F)F. The molecule has 0 aliphatic heterocycles. The molecule has 1 rings (SSSR count). The number of primary amides is 1. The zero-order valence-corrected chi connectivity index (χ0v) is 14.0. The quantitative estimate of drug-likeness (QED) is 0.525. The van der Waals surface area contributed by atoms with Crippen LogP contribution in [0, 0.1) is 0 Å². The van der Waals surface area contributed by atoms with E-state index in [0.717, 1.165) is 18.5 Å². The second kappa shape index (κ2) is 12.5. The summed E-state index contributed by atoms with van der Waals surface area (Å²) in [5, 5.41) is 14.2. The van der Waals surface area contributed by atoms with Crippen LogP contribution in [0.15, 0.2) is 24.4 Å². The number of nitrogens with zero attached hydrogens (tertiary/aromatic N) is 1. The summed E-state index contributed by atoms with van der Waals surface area (Å²) < 4.78 is 63.5. The molecule has 8 nitrogen and oxygen atoms in total. The summed E-state index contributed by atoms with van der Waals surface area (Å²) in [6, 6.07) is 5.58. The lowest BCUT2D eigenvalue weighted by Crippen LogP contribution is -2.27. The standard InChI is InChI=1S/C10H15N3O.2C2HF3O2/c11-8(7-10(12)14)4-5-9-3-1-2-6-13-9;2*3-2(4,5)1(6)7/h1-3,6,8H,4-5,7,11H2,(H2,12,14);2*(H,6,7). The van der Waals surface area contributed by atoms with Gasteiger partial charge >= 0.3 is 24.3 Å². The van der Waals surface area contributed by atoms with Gasteiger partial charge in [0, 0.05) is 24.4 Å². The number of hydrogen-bond donors (Lipinski definition) is 4. The molecule has 1 aromatic rings. The van der Waals surface area contributed by atoms with Crippen molar-refractivity contribution >= 4 is 17.8 Å². The van der Waals surface area contributed by atoms with E-state index in [1.54, 1.807) is 6.20 Å². The molecule has 0 radical (unpaired) electrons. The first kappa shape index (κ1) is 27.3. The van der Waals surface area contributed by atoms with E-state index in [1.807, 2.05) is 18.2 Å². The molecular formula is C14H17F6N3O5. The van der Waals surface area contributed by atoms with E-state index in [4.69, 9.17) is 31.3 Å². The van der Waals surface area contributed by atoms with Crippen LogP contribution in [0.25, 0.3) is 0 Å². The fourth-order valence-electron chi connectivity index (χ4n) is 1.24. The van der Waals surface area contributed by atoms with Gasteiger partial charge in [0.25, 0.3) is 0 Å². The van der Waals surface area contributed by atoms with Crippen LogP contribution in [-0.2, 0) is 20.8 Å². The van der Waals surface area contributed by atoms with E-state index in [2.05, 4.69) is 4.98 Å². The van der Waals surface area contributed by atoms with Crippen molar-refractivity contribution in [2.45, 2.75) is 37.7 Å². The third-order valence-electron chi connectivity index (χ3n) is 2.45. The molecule has 0 saturated carbocycles. The maximum atomic E-state index is 10.6. The third kappa shape index (κ3) is 16.6. The highest BCUT2D eigenvalue weighted by Gasteiger charge is 2.38. The van der Waals surface area contributed by atoms with E-state index in [0.29, 0.717) is 0 Å². The predicted octanol–water partition coefficient (Wildman–Crippen LogP) is 1.48. The van der Waals surface area contributed by atoms with Gasteiger partial charge in [0.1, 0.15) is 0 Å². The van der Waals surface area contributed by atoms with Gasteiger partial charge in [0.15, 0.2) is 0 Å². The molecule has 160 valence electrons. The molecule has 1 aromatic heterocycles. The normalized spacial score (nSPS) is 11.8. The molecule has 0 aromatic carbocycles. The Kier molecular flexibility index (Phi) is 12.2. The molecular weight excluding hydrogens is 404 g/mol. The predicted molar refractivity (Wildman–Crippen MR) is 81.7 cm³/mol. The van der Waals surface area contributed by atoms with Crippen molar-refractivity contribution in [2.75, 3.05) is 0 Å². The number of carboxylic acid groups (broad SMARTS) is 2. The number of halogens is 6. The van der Waals surface area contributed by atoms with Crippen molar-refractivity contribution in [3.05, 3.63) is 30.1 Å². The summed E-state index contributed by atoms with van der Waals surface area (Å²) in [7, 11) is 0. The smallest absolute Gasteiger partial charge is 0.475 e. The van der Waals surface area contributed by atoms with Gasteiger partial charge in [-0.05, 0) is 25.0 Å². The lowest BCUT2D eigenvalue weighted by atomic mass is 10.1. The van der Waals surface area contributed by atoms with Gasteiger partial charge in [-0.25, -0.2) is 9.59 Å². The fourth-order valence-corrected chi connectivity index (χ4v) is 1.24. The van der Waals surface area contributed by atoms with Crippen molar-refractivity contribution in [1.29, 1.82) is 0 Å². The number of carbonyl (C=O) groups excluding carboxylic acids is 1. The van der Waals surface area contributed by atoms with Gasteiger partial charge in [-0.1, -0.05) is 6.07 Å². The number of carbonyl (C=O) groups is 3. The Hall–Kier alpha value is -2.90. The summed E-state index contributed by atoms with van der Waals surface area (Å²) in [5.41, 5.74) is 11.7. The lowest BCUT2D eigenvalue weighted by molar-refractivity contribution is -0.193. The van der Waals surface area contributed by atoms with Gasteiger partial charge in [-0.2, -0.15) is 26.3 Å². The molecule has 28 heavy (non-hydrogen) atoms. The van der Waals surface area contributed by atoms with Gasteiger partial charge in [-0.3, -0.25) is 9.78 Å². The van der Waals surface area contributed by atoms with Crippen LogP contribution < -0.4 is 11.5 Å². The van der Waals surface area contributed by atoms with Crippen LogP contribution in [0.5, 0.6) is 0 Å². The summed E-state index contributed by atoms with van der Waals surface area (Å²) in [4.78, 5) is 32.5.